The van der Waals surface area contributed by atoms with Crippen molar-refractivity contribution in [2.45, 2.75) is 5.16 Å². The fraction of sp³-hybridized carbons (Fsp3) is 0.115. The second-order valence-electron chi connectivity index (χ2n) is 7.78. The predicted octanol–water partition coefficient (Wildman–Crippen LogP) is 5.85. The molecule has 0 saturated carbocycles. The highest BCUT2D eigenvalue weighted by molar-refractivity contribution is 7.99. The first-order chi connectivity index (χ1) is 18.6. The van der Waals surface area contributed by atoms with E-state index in [1.807, 2.05) is 58.5 Å². The van der Waals surface area contributed by atoms with Crippen LogP contribution >= 0.6 is 34.7 Å². The van der Waals surface area contributed by atoms with Crippen LogP contribution in [0.1, 0.15) is 0 Å². The molecule has 1 N–H and O–H groups in total. The van der Waals surface area contributed by atoms with E-state index in [9.17, 15) is 4.79 Å². The normalized spacial score (nSPS) is 10.8. The number of pyridine rings is 1. The average molecular weight is 565 g/mol. The van der Waals surface area contributed by atoms with Crippen molar-refractivity contribution in [3.63, 3.8) is 0 Å². The van der Waals surface area contributed by atoms with Gasteiger partial charge in [0.2, 0.25) is 5.91 Å². The molecular weight excluding hydrogens is 544 g/mol. The average Bonchev–Trinajstić information content (AvgIpc) is 3.59. The molecule has 0 aliphatic rings. The van der Waals surface area contributed by atoms with Crippen molar-refractivity contribution in [2.75, 3.05) is 25.3 Å². The fourth-order valence-corrected chi connectivity index (χ4v) is 5.34. The van der Waals surface area contributed by atoms with Crippen LogP contribution in [0.15, 0.2) is 77.5 Å². The molecule has 1 amide bonds. The van der Waals surface area contributed by atoms with Gasteiger partial charge in [-0.2, -0.15) is 0 Å². The molecule has 2 aromatic carbocycles. The largest absolute Gasteiger partial charge is 0.493 e. The van der Waals surface area contributed by atoms with Crippen LogP contribution in [0.5, 0.6) is 11.5 Å². The number of carbonyl (C=O) groups is 1. The van der Waals surface area contributed by atoms with Crippen LogP contribution in [-0.2, 0) is 4.79 Å². The fourth-order valence-electron chi connectivity index (χ4n) is 3.64. The Morgan fingerprint density at radius 1 is 1.05 bits per heavy atom. The highest BCUT2D eigenvalue weighted by atomic mass is 35.5. The Bertz CT molecular complexity index is 1570. The number of ether oxygens (including phenoxy) is 2. The summed E-state index contributed by atoms with van der Waals surface area (Å²) in [5, 5.41) is 15.0. The molecule has 38 heavy (non-hydrogen) atoms. The first kappa shape index (κ1) is 25.7. The number of hydrogen-bond acceptors (Lipinski definition) is 9. The van der Waals surface area contributed by atoms with Crippen molar-refractivity contribution in [3.8, 4) is 39.8 Å². The number of amides is 1. The van der Waals surface area contributed by atoms with Crippen molar-refractivity contribution >= 4 is 45.7 Å². The zero-order chi connectivity index (χ0) is 26.5. The molecule has 192 valence electrons. The first-order valence-electron chi connectivity index (χ1n) is 11.3. The van der Waals surface area contributed by atoms with E-state index in [1.165, 1.54) is 23.1 Å². The Morgan fingerprint density at radius 2 is 1.89 bits per heavy atom. The third-order valence-electron chi connectivity index (χ3n) is 5.41. The van der Waals surface area contributed by atoms with Crippen LogP contribution in [-0.4, -0.2) is 50.6 Å². The van der Waals surface area contributed by atoms with Gasteiger partial charge in [0.1, 0.15) is 0 Å². The van der Waals surface area contributed by atoms with Gasteiger partial charge in [0.05, 0.1) is 36.4 Å². The molecule has 0 fully saturated rings. The number of para-hydroxylation sites is 1. The lowest BCUT2D eigenvalue weighted by Gasteiger charge is -2.11. The number of thioether (sulfide) groups is 1. The van der Waals surface area contributed by atoms with Gasteiger partial charge in [-0.05, 0) is 42.5 Å². The quantitative estimate of drug-likeness (QED) is 0.222. The van der Waals surface area contributed by atoms with Gasteiger partial charge in [0.25, 0.3) is 0 Å². The third-order valence-corrected chi connectivity index (χ3v) is 7.41. The Hall–Kier alpha value is -3.93. The van der Waals surface area contributed by atoms with Gasteiger partial charge in [-0.1, -0.05) is 35.5 Å². The van der Waals surface area contributed by atoms with Crippen molar-refractivity contribution in [1.29, 1.82) is 0 Å². The Balaban J connectivity index is 1.32. The summed E-state index contributed by atoms with van der Waals surface area (Å²) in [5.74, 6) is 1.69. The number of halogens is 1. The number of nitrogens with one attached hydrogen (secondary N) is 1. The summed E-state index contributed by atoms with van der Waals surface area (Å²) in [4.78, 5) is 21.5. The SMILES string of the molecule is COc1ccc(-c2csc(NC(=O)CSc3nnc(-c4cccnc4)n3-c3ccccc3Cl)n2)cc1OC. The smallest absolute Gasteiger partial charge is 0.236 e. The first-order valence-corrected chi connectivity index (χ1v) is 13.5. The topological polar surface area (TPSA) is 104 Å². The van der Waals surface area contributed by atoms with E-state index in [0.29, 0.717) is 38.3 Å². The lowest BCUT2D eigenvalue weighted by Crippen LogP contribution is -2.14. The van der Waals surface area contributed by atoms with Gasteiger partial charge < -0.3 is 14.8 Å². The Kier molecular flexibility index (Phi) is 7.87. The van der Waals surface area contributed by atoms with Crippen LogP contribution < -0.4 is 14.8 Å². The van der Waals surface area contributed by atoms with Gasteiger partial charge in [0, 0.05) is 28.9 Å². The van der Waals surface area contributed by atoms with Gasteiger partial charge in [-0.15, -0.1) is 21.5 Å². The molecule has 3 aromatic heterocycles. The summed E-state index contributed by atoms with van der Waals surface area (Å²) < 4.78 is 12.5. The van der Waals surface area contributed by atoms with Crippen molar-refractivity contribution < 1.29 is 14.3 Å². The molecule has 0 radical (unpaired) electrons. The van der Waals surface area contributed by atoms with Gasteiger partial charge >= 0.3 is 0 Å². The maximum absolute atomic E-state index is 12.8. The van der Waals surface area contributed by atoms with E-state index in [0.717, 1.165) is 16.8 Å². The Morgan fingerprint density at radius 3 is 2.66 bits per heavy atom. The summed E-state index contributed by atoms with van der Waals surface area (Å²) in [5.41, 5.74) is 3.06. The molecule has 0 spiro atoms. The zero-order valence-electron chi connectivity index (χ0n) is 20.3. The molecule has 0 bridgehead atoms. The second-order valence-corrected chi connectivity index (χ2v) is 9.99. The third kappa shape index (κ3) is 5.49. The van der Waals surface area contributed by atoms with Crippen LogP contribution in [0.25, 0.3) is 28.3 Å². The van der Waals surface area contributed by atoms with Gasteiger partial charge in [-0.3, -0.25) is 14.3 Å². The molecular formula is C26H21ClN6O3S2. The minimum absolute atomic E-state index is 0.0981. The number of anilines is 1. The maximum Gasteiger partial charge on any atom is 0.236 e. The monoisotopic (exact) mass is 564 g/mol. The van der Waals surface area contributed by atoms with Gasteiger partial charge in [0.15, 0.2) is 27.6 Å². The minimum atomic E-state index is -0.222. The highest BCUT2D eigenvalue weighted by Gasteiger charge is 2.19. The van der Waals surface area contributed by atoms with E-state index in [2.05, 4.69) is 25.5 Å². The zero-order valence-corrected chi connectivity index (χ0v) is 22.7. The van der Waals surface area contributed by atoms with E-state index in [-0.39, 0.29) is 11.7 Å². The second kappa shape index (κ2) is 11.6. The number of methoxy groups -OCH3 is 2. The summed E-state index contributed by atoms with van der Waals surface area (Å²) in [7, 11) is 3.17. The standard InChI is InChI=1S/C26H21ClN6O3S2/c1-35-21-10-9-16(12-22(21)36-2)19-14-37-25(29-19)30-23(34)15-38-26-32-31-24(17-6-5-11-28-13-17)33(26)20-8-4-3-7-18(20)27/h3-14H,15H2,1-2H3,(H,29,30,34). The number of thiazole rings is 1. The maximum atomic E-state index is 12.8. The van der Waals surface area contributed by atoms with E-state index in [4.69, 9.17) is 21.1 Å². The molecule has 0 aliphatic heterocycles. The summed E-state index contributed by atoms with van der Waals surface area (Å²) in [6, 6.07) is 16.7. The molecule has 5 aromatic rings. The van der Waals surface area contributed by atoms with Crippen LogP contribution in [0.3, 0.4) is 0 Å². The number of hydrogen-bond donors (Lipinski definition) is 1. The molecule has 0 unspecified atom stereocenters. The summed E-state index contributed by atoms with van der Waals surface area (Å²) in [6.07, 6.45) is 3.39. The van der Waals surface area contributed by atoms with Crippen LogP contribution in [0, 0.1) is 0 Å². The minimum Gasteiger partial charge on any atom is -0.493 e. The lowest BCUT2D eigenvalue weighted by atomic mass is 10.1. The molecule has 0 atom stereocenters. The molecule has 5 rings (SSSR count). The highest BCUT2D eigenvalue weighted by Crippen LogP contribution is 2.34. The lowest BCUT2D eigenvalue weighted by molar-refractivity contribution is -0.113. The number of benzene rings is 2. The van der Waals surface area contributed by atoms with Crippen molar-refractivity contribution in [1.82, 2.24) is 24.7 Å². The molecule has 0 saturated heterocycles. The molecule has 3 heterocycles. The van der Waals surface area contributed by atoms with Crippen LogP contribution in [0.4, 0.5) is 5.13 Å². The Labute approximate surface area is 231 Å². The van der Waals surface area contributed by atoms with Crippen LogP contribution in [0.2, 0.25) is 5.02 Å². The number of rotatable bonds is 9. The van der Waals surface area contributed by atoms with Crippen molar-refractivity contribution in [3.05, 3.63) is 77.4 Å². The van der Waals surface area contributed by atoms with Crippen molar-refractivity contribution in [2.24, 2.45) is 0 Å². The van der Waals surface area contributed by atoms with E-state index < -0.39 is 0 Å². The number of aromatic nitrogens is 5. The number of carbonyl (C=O) groups excluding carboxylic acids is 1. The molecule has 9 nitrogen and oxygen atoms in total. The summed E-state index contributed by atoms with van der Waals surface area (Å²) >= 11 is 9.09. The number of nitrogens with zero attached hydrogens (tertiary/aromatic N) is 5. The van der Waals surface area contributed by atoms with Gasteiger partial charge in [-0.25, -0.2) is 4.98 Å². The summed E-state index contributed by atoms with van der Waals surface area (Å²) in [6.45, 7) is 0. The van der Waals surface area contributed by atoms with E-state index in [1.54, 1.807) is 32.7 Å². The van der Waals surface area contributed by atoms with E-state index >= 15 is 0 Å². The molecule has 0 aliphatic carbocycles. The molecule has 12 heteroatoms. The predicted molar refractivity (Wildman–Crippen MR) is 150 cm³/mol.